The van der Waals surface area contributed by atoms with E-state index in [0.717, 1.165) is 22.8 Å². The average molecular weight is 307 g/mol. The van der Waals surface area contributed by atoms with Gasteiger partial charge in [-0.05, 0) is 25.0 Å². The molecular formula is C16H25N3O3. The molecule has 0 aliphatic heterocycles. The van der Waals surface area contributed by atoms with E-state index in [1.165, 1.54) is 0 Å². The highest BCUT2D eigenvalue weighted by Gasteiger charge is 2.11. The summed E-state index contributed by atoms with van der Waals surface area (Å²) in [7, 11) is 0. The summed E-state index contributed by atoms with van der Waals surface area (Å²) < 4.78 is 11.0. The molecule has 2 heterocycles. The summed E-state index contributed by atoms with van der Waals surface area (Å²) in [6, 6.07) is 3.84. The fourth-order valence-corrected chi connectivity index (χ4v) is 2.10. The molecule has 2 aromatic rings. The molecule has 2 aromatic heterocycles. The number of aryl methyl sites for hydroxylation is 1. The van der Waals surface area contributed by atoms with E-state index in [0.29, 0.717) is 32.2 Å². The standard InChI is InChI=1S/C16H25N3O3/c1-11(2)9-21-10-14(20)8-17-6-13-7-18-19-16(13)15-5-4-12(3)22-15/h4-5,7,11,14,17,20H,6,8-10H2,1-3H3,(H,18,19). The van der Waals surface area contributed by atoms with Crippen molar-refractivity contribution in [1.82, 2.24) is 15.5 Å². The monoisotopic (exact) mass is 307 g/mol. The van der Waals surface area contributed by atoms with Gasteiger partial charge in [0.25, 0.3) is 0 Å². The number of aliphatic hydroxyl groups excluding tert-OH is 1. The van der Waals surface area contributed by atoms with Gasteiger partial charge in [0.1, 0.15) is 11.5 Å². The molecule has 0 aliphatic rings. The fraction of sp³-hybridized carbons (Fsp3) is 0.562. The Morgan fingerprint density at radius 1 is 1.36 bits per heavy atom. The van der Waals surface area contributed by atoms with Crippen LogP contribution in [0, 0.1) is 12.8 Å². The average Bonchev–Trinajstić information content (AvgIpc) is 3.07. The molecule has 0 bridgehead atoms. The van der Waals surface area contributed by atoms with Gasteiger partial charge in [0, 0.05) is 25.3 Å². The van der Waals surface area contributed by atoms with Gasteiger partial charge in [-0.3, -0.25) is 5.10 Å². The zero-order valence-corrected chi connectivity index (χ0v) is 13.4. The van der Waals surface area contributed by atoms with Crippen LogP contribution in [-0.2, 0) is 11.3 Å². The van der Waals surface area contributed by atoms with Gasteiger partial charge in [-0.1, -0.05) is 13.8 Å². The Morgan fingerprint density at radius 3 is 2.86 bits per heavy atom. The van der Waals surface area contributed by atoms with Crippen molar-refractivity contribution in [3.05, 3.63) is 29.7 Å². The van der Waals surface area contributed by atoms with Gasteiger partial charge in [-0.2, -0.15) is 5.10 Å². The maximum Gasteiger partial charge on any atom is 0.152 e. The zero-order chi connectivity index (χ0) is 15.9. The van der Waals surface area contributed by atoms with Crippen molar-refractivity contribution in [2.75, 3.05) is 19.8 Å². The third-order valence-corrected chi connectivity index (χ3v) is 3.16. The topological polar surface area (TPSA) is 83.3 Å². The van der Waals surface area contributed by atoms with Gasteiger partial charge < -0.3 is 19.6 Å². The number of hydrogen-bond acceptors (Lipinski definition) is 5. The van der Waals surface area contributed by atoms with Gasteiger partial charge >= 0.3 is 0 Å². The molecule has 0 saturated heterocycles. The van der Waals surface area contributed by atoms with Gasteiger partial charge in [-0.15, -0.1) is 0 Å². The molecule has 122 valence electrons. The highest BCUT2D eigenvalue weighted by Crippen LogP contribution is 2.23. The van der Waals surface area contributed by atoms with E-state index in [1.54, 1.807) is 6.20 Å². The van der Waals surface area contributed by atoms with Crippen LogP contribution in [0.3, 0.4) is 0 Å². The molecule has 6 heteroatoms. The van der Waals surface area contributed by atoms with Crippen LogP contribution < -0.4 is 5.32 Å². The van der Waals surface area contributed by atoms with E-state index in [2.05, 4.69) is 29.4 Å². The Kier molecular flexibility index (Phi) is 6.18. The molecule has 3 N–H and O–H groups in total. The summed E-state index contributed by atoms with van der Waals surface area (Å²) in [5.41, 5.74) is 1.87. The van der Waals surface area contributed by atoms with Crippen LogP contribution in [0.25, 0.3) is 11.5 Å². The van der Waals surface area contributed by atoms with Gasteiger partial charge in [0.15, 0.2) is 5.76 Å². The number of H-pyrrole nitrogens is 1. The number of nitrogens with zero attached hydrogens (tertiary/aromatic N) is 1. The van der Waals surface area contributed by atoms with Crippen LogP contribution in [0.5, 0.6) is 0 Å². The molecule has 0 amide bonds. The third-order valence-electron chi connectivity index (χ3n) is 3.16. The lowest BCUT2D eigenvalue weighted by molar-refractivity contribution is 0.0260. The molecule has 0 aromatic carbocycles. The molecule has 22 heavy (non-hydrogen) atoms. The summed E-state index contributed by atoms with van der Waals surface area (Å²) in [4.78, 5) is 0. The highest BCUT2D eigenvalue weighted by molar-refractivity contribution is 5.56. The van der Waals surface area contributed by atoms with E-state index >= 15 is 0 Å². The number of aliphatic hydroxyl groups is 1. The first-order chi connectivity index (χ1) is 10.6. The zero-order valence-electron chi connectivity index (χ0n) is 13.4. The van der Waals surface area contributed by atoms with Crippen LogP contribution in [-0.4, -0.2) is 41.2 Å². The summed E-state index contributed by atoms with van der Waals surface area (Å²) >= 11 is 0. The smallest absolute Gasteiger partial charge is 0.152 e. The third kappa shape index (κ3) is 4.98. The first-order valence-corrected chi connectivity index (χ1v) is 7.62. The quantitative estimate of drug-likeness (QED) is 0.661. The van der Waals surface area contributed by atoms with E-state index in [-0.39, 0.29) is 0 Å². The molecular weight excluding hydrogens is 282 g/mol. The summed E-state index contributed by atoms with van der Waals surface area (Å²) in [5.74, 6) is 2.11. The predicted octanol–water partition coefficient (Wildman–Crippen LogP) is 2.10. The Hall–Kier alpha value is -1.63. The van der Waals surface area contributed by atoms with Crippen molar-refractivity contribution in [3.8, 4) is 11.5 Å². The van der Waals surface area contributed by atoms with Crippen LogP contribution in [0.1, 0.15) is 25.2 Å². The van der Waals surface area contributed by atoms with E-state index in [1.807, 2.05) is 19.1 Å². The molecule has 1 unspecified atom stereocenters. The van der Waals surface area contributed by atoms with Gasteiger partial charge in [-0.25, -0.2) is 0 Å². The van der Waals surface area contributed by atoms with E-state index in [9.17, 15) is 5.11 Å². The summed E-state index contributed by atoms with van der Waals surface area (Å²) in [5, 5.41) is 20.1. The summed E-state index contributed by atoms with van der Waals surface area (Å²) in [6.45, 7) is 8.17. The number of hydrogen-bond donors (Lipinski definition) is 3. The predicted molar refractivity (Wildman–Crippen MR) is 84.4 cm³/mol. The highest BCUT2D eigenvalue weighted by atomic mass is 16.5. The number of rotatable bonds is 9. The molecule has 0 radical (unpaired) electrons. The second-order valence-corrected chi connectivity index (χ2v) is 5.90. The van der Waals surface area contributed by atoms with E-state index in [4.69, 9.17) is 9.15 Å². The molecule has 1 atom stereocenters. The maximum absolute atomic E-state index is 9.85. The first kappa shape index (κ1) is 16.7. The lowest BCUT2D eigenvalue weighted by Crippen LogP contribution is -2.30. The second kappa shape index (κ2) is 8.12. The Bertz CT molecular complexity index is 562. The van der Waals surface area contributed by atoms with Crippen molar-refractivity contribution in [2.45, 2.75) is 33.4 Å². The number of ether oxygens (including phenoxy) is 1. The van der Waals surface area contributed by atoms with Crippen molar-refractivity contribution in [3.63, 3.8) is 0 Å². The lowest BCUT2D eigenvalue weighted by atomic mass is 10.2. The largest absolute Gasteiger partial charge is 0.460 e. The van der Waals surface area contributed by atoms with Crippen molar-refractivity contribution < 1.29 is 14.3 Å². The van der Waals surface area contributed by atoms with Gasteiger partial charge in [0.05, 0.1) is 18.9 Å². The van der Waals surface area contributed by atoms with Crippen molar-refractivity contribution in [1.29, 1.82) is 0 Å². The molecule has 0 aliphatic carbocycles. The van der Waals surface area contributed by atoms with Crippen molar-refractivity contribution in [2.24, 2.45) is 5.92 Å². The van der Waals surface area contributed by atoms with Crippen molar-refractivity contribution >= 4 is 0 Å². The molecule has 2 rings (SSSR count). The molecule has 0 fully saturated rings. The van der Waals surface area contributed by atoms with Crippen LogP contribution in [0.4, 0.5) is 0 Å². The van der Waals surface area contributed by atoms with Crippen LogP contribution in [0.2, 0.25) is 0 Å². The maximum atomic E-state index is 9.85. The normalized spacial score (nSPS) is 13.0. The van der Waals surface area contributed by atoms with Crippen LogP contribution >= 0.6 is 0 Å². The number of aromatic amines is 1. The Balaban J connectivity index is 1.77. The molecule has 6 nitrogen and oxygen atoms in total. The second-order valence-electron chi connectivity index (χ2n) is 5.90. The minimum absolute atomic E-state index is 0.348. The minimum Gasteiger partial charge on any atom is -0.460 e. The number of nitrogens with one attached hydrogen (secondary N) is 2. The number of furan rings is 1. The molecule has 0 spiro atoms. The minimum atomic E-state index is -0.514. The van der Waals surface area contributed by atoms with Gasteiger partial charge in [0.2, 0.25) is 0 Å². The van der Waals surface area contributed by atoms with Crippen LogP contribution in [0.15, 0.2) is 22.7 Å². The van der Waals surface area contributed by atoms with E-state index < -0.39 is 6.10 Å². The Morgan fingerprint density at radius 2 is 2.18 bits per heavy atom. The molecule has 0 saturated carbocycles. The first-order valence-electron chi connectivity index (χ1n) is 7.62. The fourth-order valence-electron chi connectivity index (χ4n) is 2.10. The number of aromatic nitrogens is 2. The summed E-state index contributed by atoms with van der Waals surface area (Å²) in [6.07, 6.45) is 1.25. The Labute approximate surface area is 130 Å². The lowest BCUT2D eigenvalue weighted by Gasteiger charge is -2.13. The SMILES string of the molecule is Cc1ccc(-c2[nH]ncc2CNCC(O)COCC(C)C)o1.